The molecule has 0 saturated heterocycles. The molecule has 0 radical (unpaired) electrons. The van der Waals surface area contributed by atoms with Gasteiger partial charge in [0.05, 0.1) is 11.3 Å². The molecule has 5 nitrogen and oxygen atoms in total. The highest BCUT2D eigenvalue weighted by molar-refractivity contribution is 5.94. The van der Waals surface area contributed by atoms with E-state index in [9.17, 15) is 9.90 Å². The monoisotopic (exact) mass is 251 g/mol. The lowest BCUT2D eigenvalue weighted by Gasteiger charge is -2.28. The average molecular weight is 251 g/mol. The van der Waals surface area contributed by atoms with Crippen molar-refractivity contribution in [2.75, 3.05) is 13.1 Å². The molecule has 1 amide bonds. The molecule has 100 valence electrons. The second-order valence-electron chi connectivity index (χ2n) is 4.87. The van der Waals surface area contributed by atoms with Crippen LogP contribution < -0.4 is 5.73 Å². The summed E-state index contributed by atoms with van der Waals surface area (Å²) in [6.45, 7) is 6.39. The first-order chi connectivity index (χ1) is 8.37. The number of hydrogen-bond acceptors (Lipinski definition) is 4. The van der Waals surface area contributed by atoms with Crippen molar-refractivity contribution < 1.29 is 9.90 Å². The molecule has 0 atom stereocenters. The van der Waals surface area contributed by atoms with E-state index in [4.69, 9.17) is 5.73 Å². The van der Waals surface area contributed by atoms with Crippen LogP contribution in [0.5, 0.6) is 0 Å². The van der Waals surface area contributed by atoms with E-state index in [0.717, 1.165) is 0 Å². The van der Waals surface area contributed by atoms with E-state index < -0.39 is 5.60 Å². The van der Waals surface area contributed by atoms with Crippen molar-refractivity contribution in [2.45, 2.75) is 32.9 Å². The van der Waals surface area contributed by atoms with E-state index in [1.807, 2.05) is 6.92 Å². The molecule has 0 aromatic carbocycles. The fourth-order valence-corrected chi connectivity index (χ4v) is 1.70. The van der Waals surface area contributed by atoms with Gasteiger partial charge in [-0.3, -0.25) is 9.78 Å². The number of amides is 1. The maximum atomic E-state index is 12.3. The molecule has 0 bridgehead atoms. The van der Waals surface area contributed by atoms with Gasteiger partial charge in [-0.25, -0.2) is 0 Å². The summed E-state index contributed by atoms with van der Waals surface area (Å²) in [6, 6.07) is 3.35. The first-order valence-electron chi connectivity index (χ1n) is 6.04. The Balaban J connectivity index is 2.89. The number of likely N-dealkylation sites (N-methyl/N-ethyl adjacent to an activating group) is 1. The van der Waals surface area contributed by atoms with Crippen molar-refractivity contribution in [1.82, 2.24) is 9.88 Å². The van der Waals surface area contributed by atoms with Gasteiger partial charge in [0.2, 0.25) is 0 Å². The third-order valence-corrected chi connectivity index (χ3v) is 2.52. The lowest BCUT2D eigenvalue weighted by Crippen LogP contribution is -2.42. The molecule has 0 spiro atoms. The number of aliphatic hydroxyl groups is 1. The van der Waals surface area contributed by atoms with Crippen LogP contribution in [-0.2, 0) is 6.54 Å². The SMILES string of the molecule is CCN(CC(C)(C)O)C(=O)c1ccnc(CN)c1. The summed E-state index contributed by atoms with van der Waals surface area (Å²) < 4.78 is 0. The molecular weight excluding hydrogens is 230 g/mol. The third kappa shape index (κ3) is 4.09. The number of rotatable bonds is 5. The molecule has 0 fully saturated rings. The van der Waals surface area contributed by atoms with E-state index in [1.165, 1.54) is 0 Å². The summed E-state index contributed by atoms with van der Waals surface area (Å²) in [5, 5.41) is 9.79. The van der Waals surface area contributed by atoms with Crippen LogP contribution in [0.2, 0.25) is 0 Å². The predicted octanol–water partition coefficient (Wildman–Crippen LogP) is 0.773. The summed E-state index contributed by atoms with van der Waals surface area (Å²) in [7, 11) is 0. The van der Waals surface area contributed by atoms with Gasteiger partial charge in [-0.1, -0.05) is 0 Å². The quantitative estimate of drug-likeness (QED) is 0.810. The molecule has 0 aliphatic heterocycles. The Labute approximate surface area is 108 Å². The first-order valence-corrected chi connectivity index (χ1v) is 6.04. The minimum Gasteiger partial charge on any atom is -0.389 e. The van der Waals surface area contributed by atoms with Gasteiger partial charge in [0.1, 0.15) is 0 Å². The van der Waals surface area contributed by atoms with Gasteiger partial charge < -0.3 is 15.7 Å². The van der Waals surface area contributed by atoms with Crippen LogP contribution in [0.1, 0.15) is 36.8 Å². The third-order valence-electron chi connectivity index (χ3n) is 2.52. The van der Waals surface area contributed by atoms with Gasteiger partial charge in [0.15, 0.2) is 0 Å². The van der Waals surface area contributed by atoms with Crippen LogP contribution in [0.25, 0.3) is 0 Å². The molecule has 0 unspecified atom stereocenters. The van der Waals surface area contributed by atoms with Crippen molar-refractivity contribution in [3.05, 3.63) is 29.6 Å². The summed E-state index contributed by atoms with van der Waals surface area (Å²) in [5.41, 5.74) is 5.83. The minimum absolute atomic E-state index is 0.114. The molecule has 1 aromatic heterocycles. The average Bonchev–Trinajstić information content (AvgIpc) is 2.34. The Kier molecular flexibility index (Phi) is 4.81. The number of hydrogen-bond donors (Lipinski definition) is 2. The van der Waals surface area contributed by atoms with Crippen molar-refractivity contribution in [2.24, 2.45) is 5.73 Å². The fraction of sp³-hybridized carbons (Fsp3) is 0.538. The lowest BCUT2D eigenvalue weighted by molar-refractivity contribution is 0.0314. The summed E-state index contributed by atoms with van der Waals surface area (Å²) >= 11 is 0. The first kappa shape index (κ1) is 14.6. The minimum atomic E-state index is -0.907. The molecule has 18 heavy (non-hydrogen) atoms. The highest BCUT2D eigenvalue weighted by Gasteiger charge is 2.22. The molecule has 1 heterocycles. The smallest absolute Gasteiger partial charge is 0.254 e. The Morgan fingerprint density at radius 2 is 2.22 bits per heavy atom. The molecule has 1 aromatic rings. The van der Waals surface area contributed by atoms with Gasteiger partial charge in [0.25, 0.3) is 5.91 Å². The molecular formula is C13H21N3O2. The maximum Gasteiger partial charge on any atom is 0.254 e. The Hall–Kier alpha value is -1.46. The number of aromatic nitrogens is 1. The van der Waals surface area contributed by atoms with E-state index in [-0.39, 0.29) is 5.91 Å². The topological polar surface area (TPSA) is 79.5 Å². The molecule has 0 aliphatic rings. The Morgan fingerprint density at radius 3 is 2.72 bits per heavy atom. The fourth-order valence-electron chi connectivity index (χ4n) is 1.70. The lowest BCUT2D eigenvalue weighted by atomic mass is 10.1. The van der Waals surface area contributed by atoms with Gasteiger partial charge in [-0.2, -0.15) is 0 Å². The standard InChI is InChI=1S/C13H21N3O2/c1-4-16(9-13(2,3)18)12(17)10-5-6-15-11(7-10)8-14/h5-7,18H,4,8-9,14H2,1-3H3. The maximum absolute atomic E-state index is 12.3. The van der Waals surface area contributed by atoms with Crippen molar-refractivity contribution in [3.63, 3.8) is 0 Å². The zero-order chi connectivity index (χ0) is 13.8. The van der Waals surface area contributed by atoms with E-state index in [0.29, 0.717) is 30.9 Å². The molecule has 0 saturated carbocycles. The van der Waals surface area contributed by atoms with Gasteiger partial charge in [-0.15, -0.1) is 0 Å². The largest absolute Gasteiger partial charge is 0.389 e. The van der Waals surface area contributed by atoms with Gasteiger partial charge in [-0.05, 0) is 32.9 Å². The van der Waals surface area contributed by atoms with E-state index in [2.05, 4.69) is 4.98 Å². The molecule has 5 heteroatoms. The van der Waals surface area contributed by atoms with Crippen molar-refractivity contribution in [1.29, 1.82) is 0 Å². The van der Waals surface area contributed by atoms with Crippen LogP contribution in [0.15, 0.2) is 18.3 Å². The highest BCUT2D eigenvalue weighted by atomic mass is 16.3. The van der Waals surface area contributed by atoms with E-state index >= 15 is 0 Å². The number of nitrogens with two attached hydrogens (primary N) is 1. The number of pyridine rings is 1. The second kappa shape index (κ2) is 5.93. The molecule has 0 aliphatic carbocycles. The van der Waals surface area contributed by atoms with Gasteiger partial charge in [0, 0.05) is 31.4 Å². The number of carbonyl (C=O) groups excluding carboxylic acids is 1. The summed E-state index contributed by atoms with van der Waals surface area (Å²) in [6.07, 6.45) is 1.58. The number of carbonyl (C=O) groups is 1. The number of nitrogens with zero attached hydrogens (tertiary/aromatic N) is 2. The normalized spacial score (nSPS) is 11.4. The Morgan fingerprint density at radius 1 is 1.56 bits per heavy atom. The van der Waals surface area contributed by atoms with Crippen molar-refractivity contribution >= 4 is 5.91 Å². The van der Waals surface area contributed by atoms with Crippen LogP contribution >= 0.6 is 0 Å². The second-order valence-corrected chi connectivity index (χ2v) is 4.87. The Bertz CT molecular complexity index is 413. The van der Waals surface area contributed by atoms with Gasteiger partial charge >= 0.3 is 0 Å². The van der Waals surface area contributed by atoms with Crippen LogP contribution in [0.4, 0.5) is 0 Å². The highest BCUT2D eigenvalue weighted by Crippen LogP contribution is 2.10. The summed E-state index contributed by atoms with van der Waals surface area (Å²) in [4.78, 5) is 17.9. The van der Waals surface area contributed by atoms with Crippen molar-refractivity contribution in [3.8, 4) is 0 Å². The molecule has 3 N–H and O–H groups in total. The molecule has 1 rings (SSSR count). The zero-order valence-corrected chi connectivity index (χ0v) is 11.2. The van der Waals surface area contributed by atoms with Crippen LogP contribution in [0, 0.1) is 0 Å². The zero-order valence-electron chi connectivity index (χ0n) is 11.2. The summed E-state index contributed by atoms with van der Waals surface area (Å²) in [5.74, 6) is -0.114. The predicted molar refractivity (Wildman–Crippen MR) is 70.0 cm³/mol. The van der Waals surface area contributed by atoms with Crippen LogP contribution in [-0.4, -0.2) is 39.6 Å². The van der Waals surface area contributed by atoms with E-state index in [1.54, 1.807) is 37.1 Å². The van der Waals surface area contributed by atoms with Crippen LogP contribution in [0.3, 0.4) is 0 Å².